The second kappa shape index (κ2) is 5.61. The Balaban J connectivity index is 2.77. The molecule has 1 rings (SSSR count). The van der Waals surface area contributed by atoms with E-state index in [1.807, 2.05) is 0 Å². The van der Waals surface area contributed by atoms with E-state index in [-0.39, 0.29) is 4.90 Å². The van der Waals surface area contributed by atoms with Crippen LogP contribution in [0.4, 0.5) is 4.79 Å². The fourth-order valence-electron chi connectivity index (χ4n) is 1.35. The third kappa shape index (κ3) is 4.90. The van der Waals surface area contributed by atoms with Crippen LogP contribution in [0, 0.1) is 0 Å². The molecule has 0 heterocycles. The second-order valence-corrected chi connectivity index (χ2v) is 7.19. The third-order valence-electron chi connectivity index (χ3n) is 2.17. The number of carbonyl (C=O) groups is 1. The van der Waals surface area contributed by atoms with Crippen molar-refractivity contribution in [2.24, 2.45) is 0 Å². The van der Waals surface area contributed by atoms with Gasteiger partial charge in [-0.3, -0.25) is 4.90 Å². The fourth-order valence-corrected chi connectivity index (χ4v) is 2.69. The molecule has 0 bridgehead atoms. The van der Waals surface area contributed by atoms with Crippen molar-refractivity contribution < 1.29 is 17.9 Å². The lowest BCUT2D eigenvalue weighted by molar-refractivity contribution is 0.0327. The fraction of sp³-hybridized carbons (Fsp3) is 0.462. The predicted molar refractivity (Wildman–Crippen MR) is 72.5 cm³/mol. The molecule has 0 saturated carbocycles. The summed E-state index contributed by atoms with van der Waals surface area (Å²) in [6, 6.07) is 8.01. The molecule has 0 aliphatic carbocycles. The maximum atomic E-state index is 12.1. The van der Waals surface area contributed by atoms with Crippen molar-refractivity contribution in [2.45, 2.75) is 31.3 Å². The van der Waals surface area contributed by atoms with Crippen LogP contribution >= 0.6 is 0 Å². The molecule has 19 heavy (non-hydrogen) atoms. The highest BCUT2D eigenvalue weighted by Crippen LogP contribution is 2.13. The van der Waals surface area contributed by atoms with E-state index in [9.17, 15) is 13.2 Å². The molecule has 0 saturated heterocycles. The molecule has 1 amide bonds. The zero-order valence-electron chi connectivity index (χ0n) is 11.6. The molecule has 0 radical (unpaired) electrons. The van der Waals surface area contributed by atoms with Crippen molar-refractivity contribution in [3.63, 3.8) is 0 Å². The lowest BCUT2D eigenvalue weighted by atomic mass is 10.2. The largest absolute Gasteiger partial charge is 0.444 e. The zero-order valence-corrected chi connectivity index (χ0v) is 12.4. The number of rotatable bonds is 3. The first-order valence-corrected chi connectivity index (χ1v) is 7.49. The Bertz CT molecular complexity index is 532. The summed E-state index contributed by atoms with van der Waals surface area (Å²) in [6.07, 6.45) is -0.660. The van der Waals surface area contributed by atoms with Crippen LogP contribution in [0.2, 0.25) is 0 Å². The Kier molecular flexibility index (Phi) is 4.57. The van der Waals surface area contributed by atoms with E-state index in [4.69, 9.17) is 4.74 Å². The van der Waals surface area contributed by atoms with Gasteiger partial charge in [-0.15, -0.1) is 0 Å². The molecular formula is C13H19NO4S. The smallest absolute Gasteiger partial charge is 0.410 e. The van der Waals surface area contributed by atoms with Crippen molar-refractivity contribution in [3.8, 4) is 0 Å². The van der Waals surface area contributed by atoms with E-state index >= 15 is 0 Å². The second-order valence-electron chi connectivity index (χ2n) is 5.24. The number of nitrogens with zero attached hydrogens (tertiary/aromatic N) is 1. The monoisotopic (exact) mass is 285 g/mol. The molecule has 0 unspecified atom stereocenters. The van der Waals surface area contributed by atoms with E-state index < -0.39 is 27.4 Å². The maximum Gasteiger partial charge on any atom is 0.410 e. The van der Waals surface area contributed by atoms with Crippen molar-refractivity contribution in [2.75, 3.05) is 12.9 Å². The van der Waals surface area contributed by atoms with Gasteiger partial charge in [0.25, 0.3) is 0 Å². The summed E-state index contributed by atoms with van der Waals surface area (Å²) in [5.41, 5.74) is -0.651. The number of sulfone groups is 1. The Morgan fingerprint density at radius 1 is 1.21 bits per heavy atom. The summed E-state index contributed by atoms with van der Waals surface area (Å²) in [6.45, 7) is 5.18. The highest BCUT2D eigenvalue weighted by atomic mass is 32.2. The topological polar surface area (TPSA) is 63.7 Å². The summed E-state index contributed by atoms with van der Waals surface area (Å²) in [4.78, 5) is 12.9. The SMILES string of the molecule is CN(CS(=O)(=O)c1ccccc1)C(=O)OC(C)(C)C. The van der Waals surface area contributed by atoms with E-state index in [1.165, 1.54) is 19.2 Å². The summed E-state index contributed by atoms with van der Waals surface area (Å²) in [5.74, 6) is -0.411. The molecule has 0 N–H and O–H groups in total. The van der Waals surface area contributed by atoms with Gasteiger partial charge in [-0.05, 0) is 32.9 Å². The summed E-state index contributed by atoms with van der Waals surface area (Å²) < 4.78 is 29.2. The van der Waals surface area contributed by atoms with Crippen LogP contribution in [0.1, 0.15) is 20.8 Å². The van der Waals surface area contributed by atoms with Gasteiger partial charge >= 0.3 is 6.09 Å². The van der Waals surface area contributed by atoms with E-state index in [0.717, 1.165) is 4.90 Å². The van der Waals surface area contributed by atoms with Crippen LogP contribution in [0.25, 0.3) is 0 Å². The maximum absolute atomic E-state index is 12.1. The van der Waals surface area contributed by atoms with Crippen molar-refractivity contribution in [3.05, 3.63) is 30.3 Å². The van der Waals surface area contributed by atoms with E-state index in [1.54, 1.807) is 39.0 Å². The number of hydrogen-bond acceptors (Lipinski definition) is 4. The quantitative estimate of drug-likeness (QED) is 0.854. The molecule has 106 valence electrons. The number of ether oxygens (including phenoxy) is 1. The predicted octanol–water partition coefficient (Wildman–Crippen LogP) is 2.28. The number of amides is 1. The highest BCUT2D eigenvalue weighted by Gasteiger charge is 2.24. The molecule has 0 spiro atoms. The van der Waals surface area contributed by atoms with Crippen LogP contribution in [0.15, 0.2) is 35.2 Å². The molecule has 0 aliphatic heterocycles. The molecule has 0 aliphatic rings. The lowest BCUT2D eigenvalue weighted by Crippen LogP contribution is -2.37. The average Bonchev–Trinajstić information content (AvgIpc) is 2.27. The van der Waals surface area contributed by atoms with Gasteiger partial charge in [-0.25, -0.2) is 13.2 Å². The molecule has 0 fully saturated rings. The number of carbonyl (C=O) groups excluding carboxylic acids is 1. The molecular weight excluding hydrogens is 266 g/mol. The highest BCUT2D eigenvalue weighted by molar-refractivity contribution is 7.91. The minimum absolute atomic E-state index is 0.186. The van der Waals surface area contributed by atoms with Crippen molar-refractivity contribution in [1.29, 1.82) is 0 Å². The molecule has 5 nitrogen and oxygen atoms in total. The number of benzene rings is 1. The molecule has 0 aromatic heterocycles. The minimum Gasteiger partial charge on any atom is -0.444 e. The Labute approximate surface area is 114 Å². The van der Waals surface area contributed by atoms with Crippen LogP contribution in [-0.4, -0.2) is 37.9 Å². The minimum atomic E-state index is -3.54. The first-order chi connectivity index (χ1) is 8.62. The van der Waals surface area contributed by atoms with Gasteiger partial charge < -0.3 is 4.74 Å². The average molecular weight is 285 g/mol. The molecule has 1 aromatic carbocycles. The van der Waals surface area contributed by atoms with E-state index in [0.29, 0.717) is 0 Å². The van der Waals surface area contributed by atoms with E-state index in [2.05, 4.69) is 0 Å². The van der Waals surface area contributed by atoms with Crippen LogP contribution in [0.3, 0.4) is 0 Å². The Morgan fingerprint density at radius 2 is 1.74 bits per heavy atom. The summed E-state index contributed by atoms with van der Waals surface area (Å²) in [7, 11) is -2.14. The molecule has 1 aromatic rings. The normalized spacial score (nSPS) is 12.0. The van der Waals surface area contributed by atoms with Gasteiger partial charge in [0.2, 0.25) is 0 Å². The van der Waals surface area contributed by atoms with Gasteiger partial charge in [0.15, 0.2) is 9.84 Å². The first kappa shape index (κ1) is 15.5. The van der Waals surface area contributed by atoms with Gasteiger partial charge in [0.05, 0.1) is 4.90 Å². The molecule has 6 heteroatoms. The Morgan fingerprint density at radius 3 is 2.21 bits per heavy atom. The standard InChI is InChI=1S/C13H19NO4S/c1-13(2,3)18-12(15)14(4)10-19(16,17)11-8-6-5-7-9-11/h5-9H,10H2,1-4H3. The summed E-state index contributed by atoms with van der Waals surface area (Å²) >= 11 is 0. The van der Waals surface area contributed by atoms with Crippen LogP contribution < -0.4 is 0 Å². The number of hydrogen-bond donors (Lipinski definition) is 0. The zero-order chi connectivity index (χ0) is 14.7. The van der Waals surface area contributed by atoms with Crippen molar-refractivity contribution in [1.82, 2.24) is 4.90 Å². The summed E-state index contributed by atoms with van der Waals surface area (Å²) in [5, 5.41) is 0. The van der Waals surface area contributed by atoms with Gasteiger partial charge in [0, 0.05) is 7.05 Å². The van der Waals surface area contributed by atoms with Crippen LogP contribution in [-0.2, 0) is 14.6 Å². The third-order valence-corrected chi connectivity index (χ3v) is 3.89. The Hall–Kier alpha value is -1.56. The first-order valence-electron chi connectivity index (χ1n) is 5.84. The van der Waals surface area contributed by atoms with Gasteiger partial charge in [-0.2, -0.15) is 0 Å². The van der Waals surface area contributed by atoms with Gasteiger partial charge in [-0.1, -0.05) is 18.2 Å². The van der Waals surface area contributed by atoms with Crippen LogP contribution in [0.5, 0.6) is 0 Å². The van der Waals surface area contributed by atoms with Gasteiger partial charge in [0.1, 0.15) is 11.5 Å². The lowest BCUT2D eigenvalue weighted by Gasteiger charge is -2.24. The molecule has 0 atom stereocenters. The van der Waals surface area contributed by atoms with Crippen molar-refractivity contribution >= 4 is 15.9 Å².